The van der Waals surface area contributed by atoms with E-state index in [1.807, 2.05) is 0 Å². The number of nitrogens with zero attached hydrogens (tertiary/aromatic N) is 1. The Balaban J connectivity index is 1.97. The van der Waals surface area contributed by atoms with Crippen LogP contribution in [0.1, 0.15) is 12.8 Å². The highest BCUT2D eigenvalue weighted by molar-refractivity contribution is 6.17. The average molecular weight is 235 g/mol. The van der Waals surface area contributed by atoms with Gasteiger partial charge in [0, 0.05) is 38.5 Å². The number of halogens is 1. The maximum Gasteiger partial charge on any atom is 0.220 e. The Hall–Kier alpha value is -0.320. The predicted octanol–water partition coefficient (Wildman–Crippen LogP) is 0.454. The third-order valence-corrected chi connectivity index (χ3v) is 2.66. The van der Waals surface area contributed by atoms with E-state index < -0.39 is 0 Å². The molecule has 5 heteroatoms. The van der Waals surface area contributed by atoms with Gasteiger partial charge in [0.25, 0.3) is 0 Å². The first-order valence-electron chi connectivity index (χ1n) is 5.45. The molecule has 0 spiro atoms. The first-order chi connectivity index (χ1) is 7.33. The lowest BCUT2D eigenvalue weighted by Crippen LogP contribution is -2.41. The maximum absolute atomic E-state index is 11.2. The van der Waals surface area contributed by atoms with Crippen LogP contribution >= 0.6 is 11.6 Å². The Morgan fingerprint density at radius 1 is 1.40 bits per heavy atom. The van der Waals surface area contributed by atoms with E-state index in [2.05, 4.69) is 10.2 Å². The van der Waals surface area contributed by atoms with Crippen molar-refractivity contribution in [2.75, 3.05) is 45.3 Å². The average Bonchev–Trinajstić information content (AvgIpc) is 2.28. The number of rotatable bonds is 6. The fraction of sp³-hybridized carbons (Fsp3) is 0.900. The molecule has 15 heavy (non-hydrogen) atoms. The summed E-state index contributed by atoms with van der Waals surface area (Å²) in [5.41, 5.74) is 0. The van der Waals surface area contributed by atoms with E-state index in [1.54, 1.807) is 0 Å². The summed E-state index contributed by atoms with van der Waals surface area (Å²) in [6.07, 6.45) is 1.29. The fourth-order valence-corrected chi connectivity index (χ4v) is 1.63. The highest BCUT2D eigenvalue weighted by atomic mass is 35.5. The molecule has 88 valence electrons. The van der Waals surface area contributed by atoms with E-state index in [1.165, 1.54) is 0 Å². The number of amides is 1. The summed E-state index contributed by atoms with van der Waals surface area (Å²) >= 11 is 5.50. The summed E-state index contributed by atoms with van der Waals surface area (Å²) < 4.78 is 5.24. The van der Waals surface area contributed by atoms with Gasteiger partial charge >= 0.3 is 0 Å². The summed E-state index contributed by atoms with van der Waals surface area (Å²) in [6.45, 7) is 5.19. The molecule has 0 bridgehead atoms. The van der Waals surface area contributed by atoms with Gasteiger partial charge < -0.3 is 10.1 Å². The van der Waals surface area contributed by atoms with Crippen molar-refractivity contribution in [3.63, 3.8) is 0 Å². The molecule has 0 unspecified atom stereocenters. The van der Waals surface area contributed by atoms with Crippen molar-refractivity contribution in [2.24, 2.45) is 0 Å². The minimum atomic E-state index is 0.101. The second-order valence-electron chi connectivity index (χ2n) is 3.60. The first-order valence-corrected chi connectivity index (χ1v) is 5.99. The van der Waals surface area contributed by atoms with Gasteiger partial charge in [-0.05, 0) is 6.42 Å². The van der Waals surface area contributed by atoms with Crippen LogP contribution in [0.3, 0.4) is 0 Å². The zero-order chi connectivity index (χ0) is 10.9. The summed E-state index contributed by atoms with van der Waals surface area (Å²) in [4.78, 5) is 13.5. The number of hydrogen-bond acceptors (Lipinski definition) is 3. The van der Waals surface area contributed by atoms with Gasteiger partial charge in [-0.1, -0.05) is 0 Å². The van der Waals surface area contributed by atoms with Crippen molar-refractivity contribution >= 4 is 17.5 Å². The second kappa shape index (κ2) is 7.91. The number of alkyl halides is 1. The number of hydrogen-bond donors (Lipinski definition) is 1. The molecule has 1 amide bonds. The van der Waals surface area contributed by atoms with Gasteiger partial charge in [0.1, 0.15) is 0 Å². The Morgan fingerprint density at radius 3 is 2.80 bits per heavy atom. The molecule has 1 aliphatic heterocycles. The van der Waals surface area contributed by atoms with Crippen LogP contribution in [0.5, 0.6) is 0 Å². The molecule has 0 aromatic carbocycles. The molecule has 1 fully saturated rings. The molecule has 0 aromatic rings. The topological polar surface area (TPSA) is 41.6 Å². The fourth-order valence-electron chi connectivity index (χ4n) is 1.49. The van der Waals surface area contributed by atoms with Crippen molar-refractivity contribution in [1.29, 1.82) is 0 Å². The molecule has 1 saturated heterocycles. The quantitative estimate of drug-likeness (QED) is 0.679. The molecule has 1 N–H and O–H groups in total. The van der Waals surface area contributed by atoms with Crippen LogP contribution in [0.2, 0.25) is 0 Å². The molecule has 0 saturated carbocycles. The van der Waals surface area contributed by atoms with Crippen molar-refractivity contribution in [3.05, 3.63) is 0 Å². The molecule has 0 atom stereocenters. The maximum atomic E-state index is 11.2. The lowest BCUT2D eigenvalue weighted by Gasteiger charge is -2.26. The van der Waals surface area contributed by atoms with E-state index in [0.717, 1.165) is 45.8 Å². The van der Waals surface area contributed by atoms with Crippen LogP contribution in [0.15, 0.2) is 0 Å². The van der Waals surface area contributed by atoms with Crippen molar-refractivity contribution in [2.45, 2.75) is 12.8 Å². The van der Waals surface area contributed by atoms with Gasteiger partial charge in [-0.25, -0.2) is 0 Å². The number of ether oxygens (including phenoxy) is 1. The number of nitrogens with one attached hydrogen (secondary N) is 1. The molecule has 1 rings (SSSR count). The Morgan fingerprint density at radius 2 is 2.13 bits per heavy atom. The number of carbonyl (C=O) groups excluding carboxylic acids is 1. The van der Waals surface area contributed by atoms with Gasteiger partial charge in [0.05, 0.1) is 13.2 Å². The third-order valence-electron chi connectivity index (χ3n) is 2.39. The van der Waals surface area contributed by atoms with Gasteiger partial charge in [-0.3, -0.25) is 9.69 Å². The molecule has 0 aliphatic carbocycles. The molecule has 0 radical (unpaired) electrons. The summed E-state index contributed by atoms with van der Waals surface area (Å²) in [5, 5.41) is 2.88. The normalized spacial score (nSPS) is 17.7. The van der Waals surface area contributed by atoms with Gasteiger partial charge in [0.15, 0.2) is 0 Å². The highest BCUT2D eigenvalue weighted by Gasteiger charge is 2.09. The SMILES string of the molecule is O=C(CCCCl)NCCN1CCOCC1. The summed E-state index contributed by atoms with van der Waals surface area (Å²) in [6, 6.07) is 0. The van der Waals surface area contributed by atoms with Crippen LogP contribution in [0, 0.1) is 0 Å². The van der Waals surface area contributed by atoms with Gasteiger partial charge in [-0.2, -0.15) is 0 Å². The molecule has 0 aromatic heterocycles. The number of morpholine rings is 1. The van der Waals surface area contributed by atoms with Crippen LogP contribution in [0.25, 0.3) is 0 Å². The van der Waals surface area contributed by atoms with E-state index in [9.17, 15) is 4.79 Å². The molecular formula is C10H19ClN2O2. The van der Waals surface area contributed by atoms with E-state index in [-0.39, 0.29) is 5.91 Å². The van der Waals surface area contributed by atoms with Crippen molar-refractivity contribution in [1.82, 2.24) is 10.2 Å². The minimum Gasteiger partial charge on any atom is -0.379 e. The largest absolute Gasteiger partial charge is 0.379 e. The van der Waals surface area contributed by atoms with E-state index >= 15 is 0 Å². The van der Waals surface area contributed by atoms with Gasteiger partial charge in [0.2, 0.25) is 5.91 Å². The van der Waals surface area contributed by atoms with E-state index in [4.69, 9.17) is 16.3 Å². The highest BCUT2D eigenvalue weighted by Crippen LogP contribution is 1.95. The van der Waals surface area contributed by atoms with Crippen LogP contribution in [0.4, 0.5) is 0 Å². The Kier molecular flexibility index (Phi) is 6.72. The predicted molar refractivity (Wildman–Crippen MR) is 60.2 cm³/mol. The minimum absolute atomic E-state index is 0.101. The van der Waals surface area contributed by atoms with Crippen LogP contribution in [-0.2, 0) is 9.53 Å². The van der Waals surface area contributed by atoms with Gasteiger partial charge in [-0.15, -0.1) is 11.6 Å². The summed E-state index contributed by atoms with van der Waals surface area (Å²) in [7, 11) is 0. The first kappa shape index (κ1) is 12.7. The van der Waals surface area contributed by atoms with Crippen molar-refractivity contribution in [3.8, 4) is 0 Å². The van der Waals surface area contributed by atoms with E-state index in [0.29, 0.717) is 12.3 Å². The second-order valence-corrected chi connectivity index (χ2v) is 3.97. The standard InChI is InChI=1S/C10H19ClN2O2/c11-3-1-2-10(14)12-4-5-13-6-8-15-9-7-13/h1-9H2,(H,12,14). The Labute approximate surface area is 95.9 Å². The number of carbonyl (C=O) groups is 1. The lowest BCUT2D eigenvalue weighted by atomic mass is 10.3. The van der Waals surface area contributed by atoms with Crippen molar-refractivity contribution < 1.29 is 9.53 Å². The van der Waals surface area contributed by atoms with Crippen LogP contribution < -0.4 is 5.32 Å². The molecule has 4 nitrogen and oxygen atoms in total. The smallest absolute Gasteiger partial charge is 0.220 e. The lowest BCUT2D eigenvalue weighted by molar-refractivity contribution is -0.121. The molecule has 1 heterocycles. The molecule has 1 aliphatic rings. The van der Waals surface area contributed by atoms with Crippen LogP contribution in [-0.4, -0.2) is 56.1 Å². The zero-order valence-corrected chi connectivity index (χ0v) is 9.76. The monoisotopic (exact) mass is 234 g/mol. The molecular weight excluding hydrogens is 216 g/mol. The third kappa shape index (κ3) is 5.97. The Bertz CT molecular complexity index is 184. The summed E-state index contributed by atoms with van der Waals surface area (Å²) in [5.74, 6) is 0.653. The zero-order valence-electron chi connectivity index (χ0n) is 9.01.